The minimum atomic E-state index is -1.88. The molecule has 156 valence electrons. The zero-order valence-corrected chi connectivity index (χ0v) is 19.9. The molecule has 0 aliphatic carbocycles. The monoisotopic (exact) mass is 539 g/mol. The summed E-state index contributed by atoms with van der Waals surface area (Å²) in [6, 6.07) is 12.0. The molecule has 0 fully saturated rings. The molecule has 6 nitrogen and oxygen atoms in total. The first kappa shape index (κ1) is 23.8. The smallest absolute Gasteiger partial charge is 0.253 e. The first-order valence-electron chi connectivity index (χ1n) is 8.07. The highest BCUT2D eigenvalue weighted by atomic mass is 79.9. The molecule has 1 amide bonds. The van der Waals surface area contributed by atoms with Gasteiger partial charge in [0.15, 0.2) is 16.6 Å². The molecule has 0 aliphatic rings. The van der Waals surface area contributed by atoms with Crippen LogP contribution in [-0.4, -0.2) is 35.2 Å². The van der Waals surface area contributed by atoms with Crippen LogP contribution in [0.2, 0.25) is 0 Å². The van der Waals surface area contributed by atoms with E-state index in [0.717, 1.165) is 4.47 Å². The highest BCUT2D eigenvalue weighted by Gasteiger charge is 2.35. The van der Waals surface area contributed by atoms with Crippen molar-refractivity contribution in [2.45, 2.75) is 9.96 Å². The number of nitrogens with one attached hydrogen (secondary N) is 3. The molecule has 0 bridgehead atoms. The number of rotatable bonds is 6. The van der Waals surface area contributed by atoms with Crippen LogP contribution < -0.4 is 25.4 Å². The third-order valence-corrected chi connectivity index (χ3v) is 5.21. The lowest BCUT2D eigenvalue weighted by molar-refractivity contribution is 0.0934. The first-order valence-corrected chi connectivity index (χ1v) is 10.4. The Morgan fingerprint density at radius 2 is 1.72 bits per heavy atom. The van der Waals surface area contributed by atoms with Gasteiger partial charge in [-0.3, -0.25) is 4.79 Å². The Morgan fingerprint density at radius 1 is 1.07 bits per heavy atom. The maximum atomic E-state index is 12.7. The van der Waals surface area contributed by atoms with Crippen LogP contribution in [0.15, 0.2) is 46.9 Å². The second kappa shape index (κ2) is 10.5. The van der Waals surface area contributed by atoms with Crippen molar-refractivity contribution in [1.82, 2.24) is 10.6 Å². The number of carbonyl (C=O) groups is 1. The number of halogens is 4. The maximum absolute atomic E-state index is 12.7. The molecule has 2 rings (SSSR count). The number of alkyl halides is 3. The number of para-hydroxylation sites is 1. The number of benzene rings is 2. The minimum Gasteiger partial charge on any atom is -0.493 e. The average Bonchev–Trinajstić information content (AvgIpc) is 2.67. The predicted octanol–water partition coefficient (Wildman–Crippen LogP) is 4.88. The molecule has 0 unspecified atom stereocenters. The number of methoxy groups -OCH3 is 2. The number of amides is 1. The lowest BCUT2D eigenvalue weighted by Crippen LogP contribution is -2.56. The Labute approximate surface area is 197 Å². The number of thiocarbonyl (C=S) groups is 1. The van der Waals surface area contributed by atoms with Crippen LogP contribution in [0.25, 0.3) is 0 Å². The van der Waals surface area contributed by atoms with Gasteiger partial charge in [-0.05, 0) is 58.5 Å². The van der Waals surface area contributed by atoms with Crippen molar-refractivity contribution >= 4 is 79.7 Å². The zero-order valence-electron chi connectivity index (χ0n) is 15.3. The van der Waals surface area contributed by atoms with Gasteiger partial charge in [-0.2, -0.15) is 0 Å². The molecule has 29 heavy (non-hydrogen) atoms. The van der Waals surface area contributed by atoms with Gasteiger partial charge in [-0.15, -0.1) is 0 Å². The summed E-state index contributed by atoms with van der Waals surface area (Å²) in [6.45, 7) is 0. The number of anilines is 1. The van der Waals surface area contributed by atoms with Crippen molar-refractivity contribution in [1.29, 1.82) is 0 Å². The summed E-state index contributed by atoms with van der Waals surface area (Å²) in [4.78, 5) is 12.7. The van der Waals surface area contributed by atoms with Crippen molar-refractivity contribution in [3.05, 3.63) is 52.5 Å². The lowest BCUT2D eigenvalue weighted by atomic mass is 10.2. The summed E-state index contributed by atoms with van der Waals surface area (Å²) in [7, 11) is 2.97. The van der Waals surface area contributed by atoms with Gasteiger partial charge in [-0.1, -0.05) is 46.9 Å². The van der Waals surface area contributed by atoms with Crippen LogP contribution in [0.5, 0.6) is 11.5 Å². The van der Waals surface area contributed by atoms with Gasteiger partial charge in [-0.25, -0.2) is 0 Å². The molecule has 0 aliphatic heterocycles. The Morgan fingerprint density at radius 3 is 2.31 bits per heavy atom. The van der Waals surface area contributed by atoms with E-state index >= 15 is 0 Å². The van der Waals surface area contributed by atoms with E-state index in [0.29, 0.717) is 17.2 Å². The third-order valence-electron chi connectivity index (χ3n) is 3.65. The van der Waals surface area contributed by atoms with Crippen molar-refractivity contribution in [3.63, 3.8) is 0 Å². The van der Waals surface area contributed by atoms with Crippen LogP contribution in [-0.2, 0) is 0 Å². The fourth-order valence-corrected chi connectivity index (χ4v) is 3.18. The summed E-state index contributed by atoms with van der Waals surface area (Å²) < 4.78 is 9.28. The minimum absolute atomic E-state index is 0.154. The number of hydrogen-bond donors (Lipinski definition) is 3. The molecular formula is C18H17BrCl3N3O3S. The SMILES string of the molecule is COc1ccc(C(=O)N[C@@H](NC(=S)Nc2ccccc2Br)C(Cl)(Cl)Cl)cc1OC. The van der Waals surface area contributed by atoms with Gasteiger partial charge in [0.05, 0.1) is 19.9 Å². The van der Waals surface area contributed by atoms with Gasteiger partial charge < -0.3 is 25.4 Å². The average molecular weight is 542 g/mol. The number of hydrogen-bond acceptors (Lipinski definition) is 4. The van der Waals surface area contributed by atoms with Gasteiger partial charge in [0.25, 0.3) is 5.91 Å². The number of ether oxygens (including phenoxy) is 2. The Hall–Kier alpha value is -1.45. The van der Waals surface area contributed by atoms with E-state index in [1.54, 1.807) is 12.1 Å². The van der Waals surface area contributed by atoms with E-state index in [1.807, 2.05) is 24.3 Å². The lowest BCUT2D eigenvalue weighted by Gasteiger charge is -2.28. The van der Waals surface area contributed by atoms with Crippen LogP contribution in [0, 0.1) is 0 Å². The zero-order chi connectivity index (χ0) is 21.6. The third kappa shape index (κ3) is 6.79. The highest BCUT2D eigenvalue weighted by molar-refractivity contribution is 9.10. The molecule has 0 saturated carbocycles. The second-order valence-corrected chi connectivity index (χ2v) is 9.23. The van der Waals surface area contributed by atoms with Gasteiger partial charge in [0.2, 0.25) is 3.79 Å². The molecule has 3 N–H and O–H groups in total. The largest absolute Gasteiger partial charge is 0.493 e. The maximum Gasteiger partial charge on any atom is 0.253 e. The molecule has 0 radical (unpaired) electrons. The second-order valence-electron chi connectivity index (χ2n) is 5.60. The van der Waals surface area contributed by atoms with E-state index in [4.69, 9.17) is 56.5 Å². The van der Waals surface area contributed by atoms with E-state index < -0.39 is 15.9 Å². The summed E-state index contributed by atoms with van der Waals surface area (Å²) in [6.07, 6.45) is -1.12. The van der Waals surface area contributed by atoms with Crippen molar-refractivity contribution in [3.8, 4) is 11.5 Å². The molecule has 2 aromatic carbocycles. The quantitative estimate of drug-likeness (QED) is 0.275. The highest BCUT2D eigenvalue weighted by Crippen LogP contribution is 2.31. The van der Waals surface area contributed by atoms with Crippen molar-refractivity contribution in [2.75, 3.05) is 19.5 Å². The van der Waals surface area contributed by atoms with E-state index in [2.05, 4.69) is 31.9 Å². The topological polar surface area (TPSA) is 71.6 Å². The molecule has 2 aromatic rings. The molecule has 0 spiro atoms. The summed E-state index contributed by atoms with van der Waals surface area (Å²) in [5.41, 5.74) is 0.993. The molecule has 0 saturated heterocycles. The van der Waals surface area contributed by atoms with Crippen LogP contribution >= 0.6 is 63.0 Å². The predicted molar refractivity (Wildman–Crippen MR) is 125 cm³/mol. The standard InChI is InChI=1S/C18H17BrCl3N3O3S/c1-27-13-8-7-10(9-14(13)28-2)15(26)24-16(18(20,21)22)25-17(29)23-12-6-4-3-5-11(12)19/h3-9,16H,1-2H3,(H,24,26)(H2,23,25,29)/t16-/m0/s1. The Kier molecular flexibility index (Phi) is 8.66. The van der Waals surface area contributed by atoms with Crippen LogP contribution in [0.3, 0.4) is 0 Å². The molecule has 0 aromatic heterocycles. The van der Waals surface area contributed by atoms with E-state index in [9.17, 15) is 4.79 Å². The molecular weight excluding hydrogens is 525 g/mol. The van der Waals surface area contributed by atoms with Gasteiger partial charge in [0, 0.05) is 10.0 Å². The summed E-state index contributed by atoms with van der Waals surface area (Å²) >= 11 is 26.8. The Bertz CT molecular complexity index is 896. The fraction of sp³-hybridized carbons (Fsp3) is 0.222. The van der Waals surface area contributed by atoms with Crippen molar-refractivity contribution in [2.24, 2.45) is 0 Å². The van der Waals surface area contributed by atoms with Gasteiger partial charge >= 0.3 is 0 Å². The summed E-state index contributed by atoms with van der Waals surface area (Å²) in [5, 5.41) is 8.53. The normalized spacial score (nSPS) is 11.9. The number of carbonyl (C=O) groups excluding carboxylic acids is 1. The van der Waals surface area contributed by atoms with Crippen LogP contribution in [0.4, 0.5) is 5.69 Å². The van der Waals surface area contributed by atoms with E-state index in [1.165, 1.54) is 20.3 Å². The van der Waals surface area contributed by atoms with Crippen molar-refractivity contribution < 1.29 is 14.3 Å². The molecule has 11 heteroatoms. The van der Waals surface area contributed by atoms with Gasteiger partial charge in [0.1, 0.15) is 6.17 Å². The fourth-order valence-electron chi connectivity index (χ4n) is 2.24. The molecule has 0 heterocycles. The summed E-state index contributed by atoms with van der Waals surface area (Å²) in [5.74, 6) is 0.377. The molecule has 1 atom stereocenters. The first-order chi connectivity index (χ1) is 13.7. The Balaban J connectivity index is 2.13. The van der Waals surface area contributed by atoms with E-state index in [-0.39, 0.29) is 10.7 Å². The van der Waals surface area contributed by atoms with Crippen LogP contribution in [0.1, 0.15) is 10.4 Å².